The molecule has 0 rings (SSSR count). The summed E-state index contributed by atoms with van der Waals surface area (Å²) in [6.45, 7) is 2.15. The molecule has 0 bridgehead atoms. The summed E-state index contributed by atoms with van der Waals surface area (Å²) < 4.78 is 5.15. The highest BCUT2D eigenvalue weighted by atomic mass is 35.5. The molecule has 0 aliphatic rings. The van der Waals surface area contributed by atoms with Crippen molar-refractivity contribution in [3.05, 3.63) is 0 Å². The zero-order chi connectivity index (χ0) is 7.11. The summed E-state index contributed by atoms with van der Waals surface area (Å²) in [4.78, 5) is 0. The Labute approximate surface area is 62.3 Å². The van der Waals surface area contributed by atoms with E-state index in [1.807, 2.05) is 0 Å². The van der Waals surface area contributed by atoms with Gasteiger partial charge in [0.1, 0.15) is 0 Å². The standard InChI is InChI=1S/C7H15ClO/c1-3-4-7(9-2)5-6-8/h7H,3-6H2,1-2H3. The van der Waals surface area contributed by atoms with Crippen LogP contribution in [0.3, 0.4) is 0 Å². The van der Waals surface area contributed by atoms with Gasteiger partial charge in [0, 0.05) is 13.0 Å². The van der Waals surface area contributed by atoms with Crippen LogP contribution < -0.4 is 0 Å². The molecule has 1 unspecified atom stereocenters. The smallest absolute Gasteiger partial charge is 0.0582 e. The lowest BCUT2D eigenvalue weighted by Gasteiger charge is -2.11. The van der Waals surface area contributed by atoms with Crippen molar-refractivity contribution in [2.24, 2.45) is 0 Å². The van der Waals surface area contributed by atoms with Crippen LogP contribution in [0.2, 0.25) is 0 Å². The summed E-state index contributed by atoms with van der Waals surface area (Å²) >= 11 is 5.53. The summed E-state index contributed by atoms with van der Waals surface area (Å²) in [5.41, 5.74) is 0. The van der Waals surface area contributed by atoms with Crippen LogP contribution in [0.15, 0.2) is 0 Å². The fraction of sp³-hybridized carbons (Fsp3) is 1.00. The maximum atomic E-state index is 5.53. The monoisotopic (exact) mass is 150 g/mol. The first kappa shape index (κ1) is 9.25. The zero-order valence-electron chi connectivity index (χ0n) is 6.19. The number of ether oxygens (including phenoxy) is 1. The number of rotatable bonds is 5. The fourth-order valence-electron chi connectivity index (χ4n) is 0.824. The predicted molar refractivity (Wildman–Crippen MR) is 41.0 cm³/mol. The van der Waals surface area contributed by atoms with Crippen molar-refractivity contribution in [3.63, 3.8) is 0 Å². The summed E-state index contributed by atoms with van der Waals surface area (Å²) in [5, 5.41) is 0. The van der Waals surface area contributed by atoms with Crippen molar-refractivity contribution in [2.45, 2.75) is 32.3 Å². The largest absolute Gasteiger partial charge is 0.381 e. The molecule has 0 heterocycles. The number of hydrogen-bond acceptors (Lipinski definition) is 1. The first-order valence-corrected chi connectivity index (χ1v) is 3.97. The van der Waals surface area contributed by atoms with Gasteiger partial charge in [0.05, 0.1) is 6.10 Å². The summed E-state index contributed by atoms with van der Waals surface area (Å²) in [5.74, 6) is 0.707. The van der Waals surface area contributed by atoms with E-state index in [0.717, 1.165) is 12.8 Å². The Hall–Kier alpha value is 0.250. The van der Waals surface area contributed by atoms with Crippen LogP contribution in [-0.2, 0) is 4.74 Å². The van der Waals surface area contributed by atoms with Gasteiger partial charge < -0.3 is 4.74 Å². The predicted octanol–water partition coefficient (Wildman–Crippen LogP) is 2.43. The number of alkyl halides is 1. The van der Waals surface area contributed by atoms with E-state index in [1.54, 1.807) is 7.11 Å². The van der Waals surface area contributed by atoms with Crippen molar-refractivity contribution in [1.29, 1.82) is 0 Å². The first-order valence-electron chi connectivity index (χ1n) is 3.43. The second-order valence-electron chi connectivity index (χ2n) is 2.12. The lowest BCUT2D eigenvalue weighted by molar-refractivity contribution is 0.0922. The van der Waals surface area contributed by atoms with Crippen LogP contribution >= 0.6 is 11.6 Å². The normalized spacial score (nSPS) is 13.7. The highest BCUT2D eigenvalue weighted by molar-refractivity contribution is 6.17. The molecule has 0 aromatic rings. The molecule has 1 nitrogen and oxygen atoms in total. The van der Waals surface area contributed by atoms with Crippen LogP contribution in [0.5, 0.6) is 0 Å². The highest BCUT2D eigenvalue weighted by Gasteiger charge is 2.02. The Morgan fingerprint density at radius 2 is 2.11 bits per heavy atom. The number of halogens is 1. The molecule has 9 heavy (non-hydrogen) atoms. The maximum Gasteiger partial charge on any atom is 0.0582 e. The minimum absolute atomic E-state index is 0.382. The molecule has 0 aromatic heterocycles. The summed E-state index contributed by atoms with van der Waals surface area (Å²) in [6, 6.07) is 0. The van der Waals surface area contributed by atoms with Crippen molar-refractivity contribution in [1.82, 2.24) is 0 Å². The third-order valence-electron chi connectivity index (χ3n) is 1.38. The van der Waals surface area contributed by atoms with Gasteiger partial charge in [0.2, 0.25) is 0 Å². The van der Waals surface area contributed by atoms with Gasteiger partial charge in [0.15, 0.2) is 0 Å². The molecule has 2 heteroatoms. The lowest BCUT2D eigenvalue weighted by atomic mass is 10.2. The van der Waals surface area contributed by atoms with Crippen LogP contribution in [0.1, 0.15) is 26.2 Å². The Morgan fingerprint density at radius 1 is 1.44 bits per heavy atom. The minimum atomic E-state index is 0.382. The van der Waals surface area contributed by atoms with Gasteiger partial charge in [-0.3, -0.25) is 0 Å². The quantitative estimate of drug-likeness (QED) is 0.547. The van der Waals surface area contributed by atoms with Gasteiger partial charge in [0.25, 0.3) is 0 Å². The van der Waals surface area contributed by atoms with Crippen molar-refractivity contribution >= 4 is 11.6 Å². The third-order valence-corrected chi connectivity index (χ3v) is 1.59. The summed E-state index contributed by atoms with van der Waals surface area (Å²) in [7, 11) is 1.74. The molecule has 0 radical (unpaired) electrons. The molecule has 0 amide bonds. The molecular weight excluding hydrogens is 136 g/mol. The molecule has 0 spiro atoms. The van der Waals surface area contributed by atoms with Crippen molar-refractivity contribution in [2.75, 3.05) is 13.0 Å². The molecule has 56 valence electrons. The highest BCUT2D eigenvalue weighted by Crippen LogP contribution is 2.05. The van der Waals surface area contributed by atoms with E-state index in [0.29, 0.717) is 12.0 Å². The maximum absolute atomic E-state index is 5.53. The Morgan fingerprint density at radius 3 is 2.44 bits per heavy atom. The topological polar surface area (TPSA) is 9.23 Å². The second-order valence-corrected chi connectivity index (χ2v) is 2.50. The molecule has 0 aliphatic carbocycles. The number of hydrogen-bond donors (Lipinski definition) is 0. The van der Waals surface area contributed by atoms with Crippen LogP contribution in [-0.4, -0.2) is 19.1 Å². The number of methoxy groups -OCH3 is 1. The first-order chi connectivity index (χ1) is 4.35. The van der Waals surface area contributed by atoms with Gasteiger partial charge >= 0.3 is 0 Å². The van der Waals surface area contributed by atoms with E-state index in [-0.39, 0.29) is 0 Å². The molecule has 0 N–H and O–H groups in total. The molecule has 1 atom stereocenters. The second kappa shape index (κ2) is 6.37. The molecule has 0 saturated heterocycles. The van der Waals surface area contributed by atoms with E-state index in [1.165, 1.54) is 6.42 Å². The Balaban J connectivity index is 3.18. The van der Waals surface area contributed by atoms with Gasteiger partial charge in [-0.05, 0) is 12.8 Å². The van der Waals surface area contributed by atoms with E-state index in [2.05, 4.69) is 6.92 Å². The SMILES string of the molecule is CCCC(CCCl)OC. The van der Waals surface area contributed by atoms with Crippen molar-refractivity contribution < 1.29 is 4.74 Å². The average Bonchev–Trinajstić information content (AvgIpc) is 1.88. The molecule has 0 saturated carbocycles. The minimum Gasteiger partial charge on any atom is -0.381 e. The third kappa shape index (κ3) is 4.73. The molecule has 0 fully saturated rings. The van der Waals surface area contributed by atoms with Gasteiger partial charge in [-0.1, -0.05) is 13.3 Å². The van der Waals surface area contributed by atoms with Crippen molar-refractivity contribution in [3.8, 4) is 0 Å². The van der Waals surface area contributed by atoms with Gasteiger partial charge in [-0.15, -0.1) is 11.6 Å². The van der Waals surface area contributed by atoms with E-state index in [9.17, 15) is 0 Å². The van der Waals surface area contributed by atoms with E-state index >= 15 is 0 Å². The molecular formula is C7H15ClO. The zero-order valence-corrected chi connectivity index (χ0v) is 6.95. The molecule has 0 aliphatic heterocycles. The Bertz CT molecular complexity index is 50.9. The van der Waals surface area contributed by atoms with E-state index < -0.39 is 0 Å². The summed E-state index contributed by atoms with van der Waals surface area (Å²) in [6.07, 6.45) is 3.66. The van der Waals surface area contributed by atoms with Gasteiger partial charge in [-0.2, -0.15) is 0 Å². The van der Waals surface area contributed by atoms with Crippen LogP contribution in [0.4, 0.5) is 0 Å². The van der Waals surface area contributed by atoms with Crippen LogP contribution in [0.25, 0.3) is 0 Å². The molecule has 0 aromatic carbocycles. The average molecular weight is 151 g/mol. The van der Waals surface area contributed by atoms with Crippen LogP contribution in [0, 0.1) is 0 Å². The lowest BCUT2D eigenvalue weighted by Crippen LogP contribution is -2.10. The van der Waals surface area contributed by atoms with Gasteiger partial charge in [-0.25, -0.2) is 0 Å². The van der Waals surface area contributed by atoms with E-state index in [4.69, 9.17) is 16.3 Å². The fourth-order valence-corrected chi connectivity index (χ4v) is 1.07. The Kier molecular flexibility index (Phi) is 6.55.